The highest BCUT2D eigenvalue weighted by atomic mass is 32.1. The van der Waals surface area contributed by atoms with Gasteiger partial charge in [-0.15, -0.1) is 11.3 Å². The first-order valence-electron chi connectivity index (χ1n) is 10.3. The highest BCUT2D eigenvalue weighted by Crippen LogP contribution is 2.31. The number of benzene rings is 2. The van der Waals surface area contributed by atoms with E-state index in [4.69, 9.17) is 4.98 Å². The fourth-order valence-corrected chi connectivity index (χ4v) is 4.46. The summed E-state index contributed by atoms with van der Waals surface area (Å²) in [5.41, 5.74) is 5.64. The number of hydrogen-bond donors (Lipinski definition) is 1. The van der Waals surface area contributed by atoms with Crippen molar-refractivity contribution >= 4 is 33.9 Å². The standard InChI is InChI=1S/C25H17N7S/c1-2-7-20(8-3-1)32-24-21(14-29-32)23(27-16-28-24)30-19-6-4-5-18(13-19)22-15-33-25(31-22)17-9-11-26-12-10-17/h1-16H,(H,27,28,30). The van der Waals surface area contributed by atoms with Gasteiger partial charge in [0.15, 0.2) is 5.65 Å². The first-order valence-corrected chi connectivity index (χ1v) is 11.2. The zero-order valence-corrected chi connectivity index (χ0v) is 18.1. The Morgan fingerprint density at radius 2 is 1.73 bits per heavy atom. The Hall–Kier alpha value is -4.43. The molecule has 0 saturated carbocycles. The third kappa shape index (κ3) is 3.72. The van der Waals surface area contributed by atoms with Crippen LogP contribution in [-0.2, 0) is 0 Å². The maximum atomic E-state index is 4.81. The van der Waals surface area contributed by atoms with Crippen LogP contribution in [0.5, 0.6) is 0 Å². The van der Waals surface area contributed by atoms with Crippen molar-refractivity contribution in [3.8, 4) is 27.5 Å². The van der Waals surface area contributed by atoms with Crippen molar-refractivity contribution in [1.82, 2.24) is 29.7 Å². The van der Waals surface area contributed by atoms with Crippen LogP contribution in [-0.4, -0.2) is 29.7 Å². The Labute approximate surface area is 193 Å². The number of aromatic nitrogens is 6. The molecule has 0 aliphatic rings. The summed E-state index contributed by atoms with van der Waals surface area (Å²) in [6, 6.07) is 22.0. The highest BCUT2D eigenvalue weighted by Gasteiger charge is 2.12. The van der Waals surface area contributed by atoms with E-state index < -0.39 is 0 Å². The molecule has 6 aromatic rings. The monoisotopic (exact) mass is 447 g/mol. The van der Waals surface area contributed by atoms with Crippen molar-refractivity contribution < 1.29 is 0 Å². The number of nitrogens with one attached hydrogen (secondary N) is 1. The van der Waals surface area contributed by atoms with E-state index in [1.165, 1.54) is 0 Å². The van der Waals surface area contributed by atoms with Gasteiger partial charge in [-0.3, -0.25) is 4.98 Å². The van der Waals surface area contributed by atoms with Crippen LogP contribution in [0.25, 0.3) is 38.5 Å². The first-order chi connectivity index (χ1) is 16.3. The van der Waals surface area contributed by atoms with Crippen LogP contribution >= 0.6 is 11.3 Å². The summed E-state index contributed by atoms with van der Waals surface area (Å²) in [5.74, 6) is 0.704. The number of fused-ring (bicyclic) bond motifs is 1. The van der Waals surface area contributed by atoms with Gasteiger partial charge < -0.3 is 5.32 Å². The van der Waals surface area contributed by atoms with Crippen LogP contribution in [0.1, 0.15) is 0 Å². The minimum absolute atomic E-state index is 0.704. The van der Waals surface area contributed by atoms with Gasteiger partial charge in [0, 0.05) is 34.6 Å². The average molecular weight is 448 g/mol. The van der Waals surface area contributed by atoms with E-state index >= 15 is 0 Å². The molecule has 0 radical (unpaired) electrons. The predicted molar refractivity (Wildman–Crippen MR) is 131 cm³/mol. The maximum absolute atomic E-state index is 4.81. The van der Waals surface area contributed by atoms with Crippen molar-refractivity contribution in [1.29, 1.82) is 0 Å². The maximum Gasteiger partial charge on any atom is 0.168 e. The van der Waals surface area contributed by atoms with Crippen molar-refractivity contribution in [2.75, 3.05) is 5.32 Å². The molecule has 6 rings (SSSR count). The molecule has 0 atom stereocenters. The van der Waals surface area contributed by atoms with Crippen molar-refractivity contribution in [2.24, 2.45) is 0 Å². The van der Waals surface area contributed by atoms with E-state index in [1.54, 1.807) is 36.3 Å². The molecule has 0 aliphatic carbocycles. The van der Waals surface area contributed by atoms with Crippen molar-refractivity contribution in [2.45, 2.75) is 0 Å². The van der Waals surface area contributed by atoms with Crippen LogP contribution in [0.3, 0.4) is 0 Å². The molecule has 1 N–H and O–H groups in total. The lowest BCUT2D eigenvalue weighted by molar-refractivity contribution is 0.895. The third-order valence-corrected chi connectivity index (χ3v) is 6.11. The molecule has 4 heterocycles. The Morgan fingerprint density at radius 3 is 2.61 bits per heavy atom. The predicted octanol–water partition coefficient (Wildman–Crippen LogP) is 5.74. The molecular weight excluding hydrogens is 430 g/mol. The van der Waals surface area contributed by atoms with Gasteiger partial charge >= 0.3 is 0 Å². The molecule has 4 aromatic heterocycles. The molecule has 7 nitrogen and oxygen atoms in total. The molecule has 158 valence electrons. The minimum atomic E-state index is 0.704. The van der Waals surface area contributed by atoms with E-state index in [9.17, 15) is 0 Å². The van der Waals surface area contributed by atoms with Gasteiger partial charge in [0.2, 0.25) is 0 Å². The molecule has 8 heteroatoms. The summed E-state index contributed by atoms with van der Waals surface area (Å²) in [4.78, 5) is 17.8. The quantitative estimate of drug-likeness (QED) is 0.363. The number of pyridine rings is 1. The minimum Gasteiger partial charge on any atom is -0.339 e. The number of rotatable bonds is 5. The normalized spacial score (nSPS) is 11.0. The van der Waals surface area contributed by atoms with Crippen molar-refractivity contribution in [3.63, 3.8) is 0 Å². The number of para-hydroxylation sites is 1. The van der Waals surface area contributed by atoms with Gasteiger partial charge in [0.05, 0.1) is 23.0 Å². The summed E-state index contributed by atoms with van der Waals surface area (Å²) in [6.45, 7) is 0. The van der Waals surface area contributed by atoms with E-state index in [0.29, 0.717) is 5.82 Å². The Bertz CT molecular complexity index is 1540. The zero-order valence-electron chi connectivity index (χ0n) is 17.3. The van der Waals surface area contributed by atoms with Gasteiger partial charge in [-0.25, -0.2) is 19.6 Å². The summed E-state index contributed by atoms with van der Waals surface area (Å²) in [6.07, 6.45) is 6.90. The summed E-state index contributed by atoms with van der Waals surface area (Å²) >= 11 is 1.62. The number of hydrogen-bond acceptors (Lipinski definition) is 7. The lowest BCUT2D eigenvalue weighted by Gasteiger charge is -2.08. The fraction of sp³-hybridized carbons (Fsp3) is 0. The summed E-state index contributed by atoms with van der Waals surface area (Å²) in [7, 11) is 0. The molecule has 0 unspecified atom stereocenters. The average Bonchev–Trinajstić information content (AvgIpc) is 3.54. The lowest BCUT2D eigenvalue weighted by atomic mass is 10.1. The topological polar surface area (TPSA) is 81.4 Å². The molecular formula is C25H17N7S. The van der Waals surface area contributed by atoms with E-state index in [-0.39, 0.29) is 0 Å². The fourth-order valence-electron chi connectivity index (χ4n) is 3.63. The Kier molecular flexibility index (Phi) is 4.82. The second kappa shape index (κ2) is 8.25. The molecule has 0 spiro atoms. The van der Waals surface area contributed by atoms with E-state index in [0.717, 1.165) is 44.2 Å². The molecule has 0 aliphatic heterocycles. The van der Waals surface area contributed by atoms with Crippen LogP contribution in [0.4, 0.5) is 11.5 Å². The lowest BCUT2D eigenvalue weighted by Crippen LogP contribution is -1.99. The van der Waals surface area contributed by atoms with Gasteiger partial charge in [-0.1, -0.05) is 30.3 Å². The third-order valence-electron chi connectivity index (χ3n) is 5.22. The number of anilines is 2. The van der Waals surface area contributed by atoms with E-state index in [1.807, 2.05) is 59.3 Å². The Balaban J connectivity index is 1.31. The molecule has 33 heavy (non-hydrogen) atoms. The molecule has 0 saturated heterocycles. The molecule has 2 aromatic carbocycles. The summed E-state index contributed by atoms with van der Waals surface area (Å²) in [5, 5.41) is 11.8. The summed E-state index contributed by atoms with van der Waals surface area (Å²) < 4.78 is 1.81. The van der Waals surface area contributed by atoms with Crippen LogP contribution in [0.2, 0.25) is 0 Å². The highest BCUT2D eigenvalue weighted by molar-refractivity contribution is 7.13. The largest absolute Gasteiger partial charge is 0.339 e. The SMILES string of the molecule is c1ccc(-n2ncc3c(Nc4cccc(-c5csc(-c6ccncc6)n5)c4)ncnc32)cc1. The van der Waals surface area contributed by atoms with Gasteiger partial charge in [-0.05, 0) is 36.4 Å². The van der Waals surface area contributed by atoms with Crippen LogP contribution < -0.4 is 5.32 Å². The van der Waals surface area contributed by atoms with Gasteiger partial charge in [0.25, 0.3) is 0 Å². The second-order valence-corrected chi connectivity index (χ2v) is 8.19. The molecule has 0 bridgehead atoms. The first kappa shape index (κ1) is 19.3. The number of nitrogens with zero attached hydrogens (tertiary/aromatic N) is 6. The smallest absolute Gasteiger partial charge is 0.168 e. The number of thiazole rings is 1. The van der Waals surface area contributed by atoms with Crippen LogP contribution in [0.15, 0.2) is 97.0 Å². The molecule has 0 fully saturated rings. The van der Waals surface area contributed by atoms with Gasteiger partial charge in [-0.2, -0.15) is 5.10 Å². The van der Waals surface area contributed by atoms with E-state index in [2.05, 4.69) is 42.9 Å². The van der Waals surface area contributed by atoms with Crippen molar-refractivity contribution in [3.05, 3.63) is 97.0 Å². The molecule has 0 amide bonds. The zero-order chi connectivity index (χ0) is 22.0. The van der Waals surface area contributed by atoms with Gasteiger partial charge in [0.1, 0.15) is 17.2 Å². The Morgan fingerprint density at radius 1 is 0.848 bits per heavy atom. The second-order valence-electron chi connectivity index (χ2n) is 7.33. The van der Waals surface area contributed by atoms with Crippen LogP contribution in [0, 0.1) is 0 Å².